The highest BCUT2D eigenvalue weighted by Gasteiger charge is 2.11. The van der Waals surface area contributed by atoms with Crippen LogP contribution in [0.3, 0.4) is 0 Å². The summed E-state index contributed by atoms with van der Waals surface area (Å²) in [7, 11) is 3.63. The second-order valence-electron chi connectivity index (χ2n) is 4.22. The van der Waals surface area contributed by atoms with Crippen LogP contribution in [0.5, 0.6) is 5.75 Å². The summed E-state index contributed by atoms with van der Waals surface area (Å²) >= 11 is 6.00. The molecule has 0 bridgehead atoms. The van der Waals surface area contributed by atoms with Gasteiger partial charge in [0.05, 0.1) is 12.1 Å². The van der Waals surface area contributed by atoms with Gasteiger partial charge in [0.1, 0.15) is 5.75 Å². The molecule has 2 nitrogen and oxygen atoms in total. The molecule has 0 radical (unpaired) electrons. The molecule has 3 heteroatoms. The lowest BCUT2D eigenvalue weighted by Gasteiger charge is -2.18. The molecule has 0 saturated carbocycles. The number of ether oxygens (including phenoxy) is 1. The van der Waals surface area contributed by atoms with Crippen LogP contribution in [0.4, 0.5) is 0 Å². The van der Waals surface area contributed by atoms with Crippen molar-refractivity contribution in [2.45, 2.75) is 32.2 Å². The standard InChI is InChI=1S/C13H20ClNO/c1-9(7-10(2)15-3)11-5-6-12(14)13(8-11)16-4/h5-6,8-10,15H,7H2,1-4H3. The predicted octanol–water partition coefficient (Wildman–Crippen LogP) is 3.45. The van der Waals surface area contributed by atoms with E-state index < -0.39 is 0 Å². The zero-order chi connectivity index (χ0) is 12.1. The summed E-state index contributed by atoms with van der Waals surface area (Å²) in [6.45, 7) is 4.40. The van der Waals surface area contributed by atoms with Gasteiger partial charge in [0, 0.05) is 6.04 Å². The lowest BCUT2D eigenvalue weighted by molar-refractivity contribution is 0.413. The van der Waals surface area contributed by atoms with Gasteiger partial charge < -0.3 is 10.1 Å². The van der Waals surface area contributed by atoms with E-state index in [9.17, 15) is 0 Å². The van der Waals surface area contributed by atoms with Crippen LogP contribution in [0, 0.1) is 0 Å². The van der Waals surface area contributed by atoms with Gasteiger partial charge in [0.2, 0.25) is 0 Å². The summed E-state index contributed by atoms with van der Waals surface area (Å²) < 4.78 is 5.22. The Labute approximate surface area is 103 Å². The molecule has 90 valence electrons. The third-order valence-electron chi connectivity index (χ3n) is 2.94. The summed E-state index contributed by atoms with van der Waals surface area (Å²) in [6.07, 6.45) is 1.10. The summed E-state index contributed by atoms with van der Waals surface area (Å²) in [5, 5.41) is 3.92. The van der Waals surface area contributed by atoms with E-state index in [0.717, 1.165) is 12.2 Å². The first-order valence-electron chi connectivity index (χ1n) is 5.59. The third kappa shape index (κ3) is 3.39. The highest BCUT2D eigenvalue weighted by atomic mass is 35.5. The first-order valence-corrected chi connectivity index (χ1v) is 5.97. The molecule has 1 aromatic carbocycles. The summed E-state index contributed by atoms with van der Waals surface area (Å²) in [5.74, 6) is 1.25. The molecule has 0 aromatic heterocycles. The fraction of sp³-hybridized carbons (Fsp3) is 0.538. The van der Waals surface area contributed by atoms with E-state index in [1.54, 1.807) is 7.11 Å². The predicted molar refractivity (Wildman–Crippen MR) is 69.6 cm³/mol. The fourth-order valence-electron chi connectivity index (χ4n) is 1.77. The summed E-state index contributed by atoms with van der Waals surface area (Å²) in [6, 6.07) is 6.50. The molecule has 1 aromatic rings. The van der Waals surface area contributed by atoms with Gasteiger partial charge in [-0.2, -0.15) is 0 Å². The van der Waals surface area contributed by atoms with Gasteiger partial charge in [-0.25, -0.2) is 0 Å². The van der Waals surface area contributed by atoms with Gasteiger partial charge >= 0.3 is 0 Å². The molecule has 16 heavy (non-hydrogen) atoms. The quantitative estimate of drug-likeness (QED) is 0.853. The fourth-order valence-corrected chi connectivity index (χ4v) is 1.96. The van der Waals surface area contributed by atoms with Gasteiger partial charge in [-0.05, 0) is 44.0 Å². The van der Waals surface area contributed by atoms with E-state index in [1.165, 1.54) is 5.56 Å². The van der Waals surface area contributed by atoms with Crippen LogP contribution in [-0.4, -0.2) is 20.2 Å². The maximum absolute atomic E-state index is 6.00. The van der Waals surface area contributed by atoms with Gasteiger partial charge in [-0.15, -0.1) is 0 Å². The summed E-state index contributed by atoms with van der Waals surface area (Å²) in [4.78, 5) is 0. The van der Waals surface area contributed by atoms with Crippen molar-refractivity contribution in [3.63, 3.8) is 0 Å². The Morgan fingerprint density at radius 2 is 2.06 bits per heavy atom. The maximum Gasteiger partial charge on any atom is 0.137 e. The van der Waals surface area contributed by atoms with Gasteiger partial charge in [0.15, 0.2) is 0 Å². The average molecular weight is 242 g/mol. The van der Waals surface area contributed by atoms with Gasteiger partial charge in [0.25, 0.3) is 0 Å². The Hall–Kier alpha value is -0.730. The van der Waals surface area contributed by atoms with Gasteiger partial charge in [-0.1, -0.05) is 24.6 Å². The van der Waals surface area contributed by atoms with E-state index in [4.69, 9.17) is 16.3 Å². The van der Waals surface area contributed by atoms with Crippen molar-refractivity contribution >= 4 is 11.6 Å². The zero-order valence-electron chi connectivity index (χ0n) is 10.4. The number of rotatable bonds is 5. The van der Waals surface area contributed by atoms with Crippen LogP contribution < -0.4 is 10.1 Å². The Balaban J connectivity index is 2.79. The van der Waals surface area contributed by atoms with E-state index in [-0.39, 0.29) is 0 Å². The van der Waals surface area contributed by atoms with Crippen LogP contribution in [-0.2, 0) is 0 Å². The summed E-state index contributed by atoms with van der Waals surface area (Å²) in [5.41, 5.74) is 1.27. The van der Waals surface area contributed by atoms with Crippen molar-refractivity contribution in [3.05, 3.63) is 28.8 Å². The number of hydrogen-bond donors (Lipinski definition) is 1. The van der Waals surface area contributed by atoms with Crippen molar-refractivity contribution in [2.75, 3.05) is 14.2 Å². The van der Waals surface area contributed by atoms with E-state index >= 15 is 0 Å². The Bertz CT molecular complexity index is 341. The van der Waals surface area contributed by atoms with Crippen LogP contribution in [0.15, 0.2) is 18.2 Å². The largest absolute Gasteiger partial charge is 0.495 e. The molecular weight excluding hydrogens is 222 g/mol. The highest BCUT2D eigenvalue weighted by Crippen LogP contribution is 2.30. The van der Waals surface area contributed by atoms with Crippen molar-refractivity contribution < 1.29 is 4.74 Å². The molecule has 0 aliphatic rings. The third-order valence-corrected chi connectivity index (χ3v) is 3.26. The van der Waals surface area contributed by atoms with Crippen molar-refractivity contribution in [1.82, 2.24) is 5.32 Å². The minimum atomic E-state index is 0.494. The molecule has 0 aliphatic carbocycles. The average Bonchev–Trinajstić information content (AvgIpc) is 2.29. The normalized spacial score (nSPS) is 14.6. The molecule has 2 unspecified atom stereocenters. The van der Waals surface area contributed by atoms with Crippen LogP contribution >= 0.6 is 11.6 Å². The van der Waals surface area contributed by atoms with Crippen LogP contribution in [0.1, 0.15) is 31.7 Å². The highest BCUT2D eigenvalue weighted by molar-refractivity contribution is 6.32. The Morgan fingerprint density at radius 3 is 2.62 bits per heavy atom. The number of nitrogens with one attached hydrogen (secondary N) is 1. The zero-order valence-corrected chi connectivity index (χ0v) is 11.1. The molecule has 0 heterocycles. The number of methoxy groups -OCH3 is 1. The van der Waals surface area contributed by atoms with Crippen LogP contribution in [0.2, 0.25) is 5.02 Å². The van der Waals surface area contributed by atoms with E-state index in [2.05, 4.69) is 25.2 Å². The lowest BCUT2D eigenvalue weighted by Crippen LogP contribution is -2.22. The molecule has 1 rings (SSSR count). The first kappa shape index (κ1) is 13.3. The maximum atomic E-state index is 6.00. The molecule has 0 aliphatic heterocycles. The smallest absolute Gasteiger partial charge is 0.137 e. The van der Waals surface area contributed by atoms with Gasteiger partial charge in [-0.3, -0.25) is 0 Å². The molecule has 0 spiro atoms. The number of halogens is 1. The topological polar surface area (TPSA) is 21.3 Å². The Morgan fingerprint density at radius 1 is 1.38 bits per heavy atom. The molecule has 0 saturated heterocycles. The second kappa shape index (κ2) is 6.12. The van der Waals surface area contributed by atoms with Crippen LogP contribution in [0.25, 0.3) is 0 Å². The minimum Gasteiger partial charge on any atom is -0.495 e. The molecule has 0 amide bonds. The van der Waals surface area contributed by atoms with E-state index in [1.807, 2.05) is 19.2 Å². The lowest BCUT2D eigenvalue weighted by atomic mass is 9.94. The first-order chi connectivity index (χ1) is 7.58. The minimum absolute atomic E-state index is 0.494. The van der Waals surface area contributed by atoms with E-state index in [0.29, 0.717) is 17.0 Å². The molecule has 1 N–H and O–H groups in total. The van der Waals surface area contributed by atoms with Crippen molar-refractivity contribution in [1.29, 1.82) is 0 Å². The SMILES string of the molecule is CNC(C)CC(C)c1ccc(Cl)c(OC)c1. The monoisotopic (exact) mass is 241 g/mol. The number of benzene rings is 1. The van der Waals surface area contributed by atoms with Crippen molar-refractivity contribution in [2.24, 2.45) is 0 Å². The molecule has 2 atom stereocenters. The van der Waals surface area contributed by atoms with Crippen molar-refractivity contribution in [3.8, 4) is 5.75 Å². The molecular formula is C13H20ClNO. The second-order valence-corrected chi connectivity index (χ2v) is 4.63. The Kier molecular flexibility index (Phi) is 5.10. The number of hydrogen-bond acceptors (Lipinski definition) is 2. The molecule has 0 fully saturated rings.